The molecule has 0 aromatic heterocycles. The average Bonchev–Trinajstić information content (AvgIpc) is 2.10. The fourth-order valence-corrected chi connectivity index (χ4v) is 1.57. The lowest BCUT2D eigenvalue weighted by molar-refractivity contribution is 0.195. The maximum atomic E-state index is 8.15. The molecular weight excluding hydrogens is 144 g/mol. The van der Waals surface area contributed by atoms with Crippen LogP contribution >= 0.6 is 0 Å². The molecule has 0 N–H and O–H groups in total. The minimum Gasteiger partial charge on any atom is -0.0654 e. The van der Waals surface area contributed by atoms with Crippen LogP contribution in [0.1, 0.15) is 79.3 Å². The molecule has 0 rings (SSSR count). The molecule has 0 aliphatic carbocycles. The van der Waals surface area contributed by atoms with Crippen LogP contribution < -0.4 is 0 Å². The number of rotatable bonds is 4. The monoisotopic (exact) mass is 179 g/mol. The molecule has 0 heterocycles. The summed E-state index contributed by atoms with van der Waals surface area (Å²) in [7, 11) is 0. The first-order chi connectivity index (χ1) is 8.71. The van der Waals surface area contributed by atoms with Crippen LogP contribution in [0.5, 0.6) is 0 Å². The average molecular weight is 179 g/mol. The molecule has 0 aliphatic heterocycles. The van der Waals surface area contributed by atoms with E-state index >= 15 is 0 Å². The van der Waals surface area contributed by atoms with Gasteiger partial charge in [0.25, 0.3) is 0 Å². The fraction of sp³-hybridized carbons (Fsp3) is 1.00. The van der Waals surface area contributed by atoms with Crippen LogP contribution in [-0.4, -0.2) is 0 Å². The van der Waals surface area contributed by atoms with Crippen molar-refractivity contribution in [3.63, 3.8) is 0 Å². The topological polar surface area (TPSA) is 0 Å². The van der Waals surface area contributed by atoms with Crippen molar-refractivity contribution >= 4 is 0 Å². The van der Waals surface area contributed by atoms with Crippen LogP contribution in [0.3, 0.4) is 0 Å². The molecule has 0 bridgehead atoms. The van der Waals surface area contributed by atoms with E-state index in [4.69, 9.17) is 12.3 Å². The lowest BCUT2D eigenvalue weighted by Gasteiger charge is -2.32. The molecule has 0 saturated heterocycles. The van der Waals surface area contributed by atoms with Crippen molar-refractivity contribution in [1.82, 2.24) is 0 Å². The third-order valence-corrected chi connectivity index (χ3v) is 1.44. The van der Waals surface area contributed by atoms with Gasteiger partial charge in [0.15, 0.2) is 0 Å². The smallest absolute Gasteiger partial charge is 0.0272 e. The summed E-state index contributed by atoms with van der Waals surface area (Å²) in [6, 6.07) is 0. The van der Waals surface area contributed by atoms with Crippen molar-refractivity contribution in [2.24, 2.45) is 10.8 Å². The molecule has 0 aromatic rings. The summed E-state index contributed by atoms with van der Waals surface area (Å²) in [5.41, 5.74) is -1.55. The van der Waals surface area contributed by atoms with E-state index in [1.54, 1.807) is 0 Å². The SMILES string of the molecule is [2H]C([2H])([2H])C([2H])([2H])C([2H])([2H])C([2H])([2H])C(C)(C)CC(C)(C)C. The lowest BCUT2D eigenvalue weighted by atomic mass is 9.74. The maximum Gasteiger partial charge on any atom is 0.0272 e. The van der Waals surface area contributed by atoms with E-state index in [0.717, 1.165) is 0 Å². The molecule has 0 spiro atoms. The lowest BCUT2D eigenvalue weighted by Crippen LogP contribution is -2.20. The Morgan fingerprint density at radius 3 is 2.17 bits per heavy atom. The van der Waals surface area contributed by atoms with Crippen LogP contribution in [0.25, 0.3) is 0 Å². The highest BCUT2D eigenvalue weighted by Gasteiger charge is 2.24. The Balaban J connectivity index is 5.89. The largest absolute Gasteiger partial charge is 0.0654 e. The molecule has 0 heteroatoms. The summed E-state index contributed by atoms with van der Waals surface area (Å²) < 4.78 is 69.0. The van der Waals surface area contributed by atoms with Gasteiger partial charge in [0.1, 0.15) is 0 Å². The van der Waals surface area contributed by atoms with Crippen molar-refractivity contribution in [2.75, 3.05) is 0 Å². The van der Waals surface area contributed by atoms with E-state index in [-0.39, 0.29) is 11.8 Å². The minimum absolute atomic E-state index is 0.281. The van der Waals surface area contributed by atoms with Gasteiger partial charge in [-0.3, -0.25) is 0 Å². The van der Waals surface area contributed by atoms with E-state index in [2.05, 4.69) is 0 Å². The van der Waals surface area contributed by atoms with Crippen molar-refractivity contribution in [3.05, 3.63) is 0 Å². The molecule has 0 aromatic carbocycles. The normalized spacial score (nSPS) is 29.2. The summed E-state index contributed by atoms with van der Waals surface area (Å²) in [6.45, 7) is 5.38. The van der Waals surface area contributed by atoms with Crippen molar-refractivity contribution in [3.8, 4) is 0 Å². The molecule has 0 nitrogen and oxygen atoms in total. The summed E-state index contributed by atoms with van der Waals surface area (Å²) >= 11 is 0. The molecule has 74 valence electrons. The van der Waals surface area contributed by atoms with Gasteiger partial charge in [-0.25, -0.2) is 0 Å². The summed E-state index contributed by atoms with van der Waals surface area (Å²) in [5.74, 6) is 0. The van der Waals surface area contributed by atoms with E-state index in [0.29, 0.717) is 0 Å². The number of hydrogen-bond donors (Lipinski definition) is 0. The zero-order valence-electron chi connectivity index (χ0n) is 17.7. The first kappa shape index (κ1) is 3.63. The van der Waals surface area contributed by atoms with Gasteiger partial charge in [0.2, 0.25) is 0 Å². The summed E-state index contributed by atoms with van der Waals surface area (Å²) in [5, 5.41) is 0. The first-order valence-electron chi connectivity index (χ1n) is 8.71. The maximum absolute atomic E-state index is 8.15. The van der Waals surface area contributed by atoms with Crippen LogP contribution in [0.4, 0.5) is 0 Å². The highest BCUT2D eigenvalue weighted by atomic mass is 14.3. The van der Waals surface area contributed by atoms with E-state index in [9.17, 15) is 0 Å². The molecule has 12 heavy (non-hydrogen) atoms. The third-order valence-electron chi connectivity index (χ3n) is 1.44. The van der Waals surface area contributed by atoms with Gasteiger partial charge in [0, 0.05) is 12.3 Å². The molecular formula is C12H26. The van der Waals surface area contributed by atoms with Gasteiger partial charge in [-0.1, -0.05) is 54.2 Å². The highest BCUT2D eigenvalue weighted by molar-refractivity contribution is 4.75. The second-order valence-electron chi connectivity index (χ2n) is 5.00. The standard InChI is InChI=1S/C12H26/c1-7-8-9-12(5,6)10-11(2,3)4/h7-10H2,1-6H3/i1D3,7D2,8D2,9D2. The number of hydrogen-bond acceptors (Lipinski definition) is 0. The van der Waals surface area contributed by atoms with Gasteiger partial charge in [-0.05, 0) is 23.6 Å². The predicted octanol–water partition coefficient (Wildman–Crippen LogP) is 4.64. The Kier molecular flexibility index (Phi) is 1.30. The molecule has 0 amide bonds. The van der Waals surface area contributed by atoms with Gasteiger partial charge < -0.3 is 0 Å². The Morgan fingerprint density at radius 1 is 1.17 bits per heavy atom. The van der Waals surface area contributed by atoms with Crippen LogP contribution in [0.15, 0.2) is 0 Å². The quantitative estimate of drug-likeness (QED) is 0.590. The molecule has 0 atom stereocenters. The zero-order valence-corrected chi connectivity index (χ0v) is 8.71. The minimum atomic E-state index is -3.29. The van der Waals surface area contributed by atoms with Crippen molar-refractivity contribution in [1.29, 1.82) is 0 Å². The van der Waals surface area contributed by atoms with Crippen molar-refractivity contribution < 1.29 is 12.3 Å². The summed E-state index contributed by atoms with van der Waals surface area (Å²) in [6.07, 6.45) is -8.84. The predicted molar refractivity (Wildman–Crippen MR) is 57.4 cm³/mol. The van der Waals surface area contributed by atoms with Gasteiger partial charge in [-0.2, -0.15) is 0 Å². The Labute approximate surface area is 91.4 Å². The Morgan fingerprint density at radius 2 is 1.75 bits per heavy atom. The second kappa shape index (κ2) is 4.30. The molecule has 0 saturated carbocycles. The van der Waals surface area contributed by atoms with Gasteiger partial charge in [0.05, 0.1) is 0 Å². The van der Waals surface area contributed by atoms with Crippen LogP contribution in [-0.2, 0) is 0 Å². The summed E-state index contributed by atoms with van der Waals surface area (Å²) in [4.78, 5) is 0. The molecule has 0 unspecified atom stereocenters. The third kappa shape index (κ3) is 6.69. The fourth-order valence-electron chi connectivity index (χ4n) is 1.57. The molecule has 0 fully saturated rings. The van der Waals surface area contributed by atoms with E-state index < -0.39 is 31.4 Å². The second-order valence-corrected chi connectivity index (χ2v) is 5.00. The van der Waals surface area contributed by atoms with E-state index in [1.165, 1.54) is 13.8 Å². The molecule has 0 aliphatic rings. The Bertz CT molecular complexity index is 371. The van der Waals surface area contributed by atoms with Gasteiger partial charge >= 0.3 is 0 Å². The Hall–Kier alpha value is 0. The van der Waals surface area contributed by atoms with Gasteiger partial charge in [-0.15, -0.1) is 0 Å². The van der Waals surface area contributed by atoms with Crippen molar-refractivity contribution in [2.45, 2.75) is 67.0 Å². The first-order valence-corrected chi connectivity index (χ1v) is 4.21. The molecule has 0 radical (unpaired) electrons. The highest BCUT2D eigenvalue weighted by Crippen LogP contribution is 2.36. The van der Waals surface area contributed by atoms with E-state index in [1.807, 2.05) is 20.8 Å². The van der Waals surface area contributed by atoms with Crippen LogP contribution in [0.2, 0.25) is 0 Å². The van der Waals surface area contributed by atoms with Crippen LogP contribution in [0, 0.1) is 10.8 Å². The zero-order chi connectivity index (χ0) is 17.7.